The zero-order valence-corrected chi connectivity index (χ0v) is 28.1. The SMILES string of the molecule is COC(=O)N[C@H](C(=O)Nc1cccc(F)c1CC[C@H]1CNC[C@H](C)N1S(=O)(=O)c1ccccc1)[C@@H](c1cc(F)cc(F)c1)C1CCOCC1. The van der Waals surface area contributed by atoms with Crippen molar-refractivity contribution in [2.24, 2.45) is 5.92 Å². The summed E-state index contributed by atoms with van der Waals surface area (Å²) in [5.41, 5.74) is 0.425. The molecule has 14 heteroatoms. The number of alkyl carbamates (subject to hydrolysis) is 1. The third kappa shape index (κ3) is 8.61. The Hall–Kier alpha value is -3.98. The fourth-order valence-corrected chi connectivity index (χ4v) is 8.78. The number of hydrogen-bond acceptors (Lipinski definition) is 7. The summed E-state index contributed by atoms with van der Waals surface area (Å²) < 4.78 is 83.7. The minimum atomic E-state index is -3.87. The van der Waals surface area contributed by atoms with Crippen molar-refractivity contribution in [2.75, 3.05) is 38.7 Å². The molecular weight excluding hydrogens is 661 g/mol. The van der Waals surface area contributed by atoms with E-state index in [-0.39, 0.29) is 46.5 Å². The molecule has 0 unspecified atom stereocenters. The predicted octanol–water partition coefficient (Wildman–Crippen LogP) is 4.96. The van der Waals surface area contributed by atoms with Gasteiger partial charge < -0.3 is 25.4 Å². The highest BCUT2D eigenvalue weighted by molar-refractivity contribution is 7.89. The molecule has 2 aliphatic heterocycles. The van der Waals surface area contributed by atoms with E-state index in [0.29, 0.717) is 39.1 Å². The van der Waals surface area contributed by atoms with Crippen LogP contribution in [0.2, 0.25) is 0 Å². The average molecular weight is 703 g/mol. The molecule has 0 radical (unpaired) electrons. The van der Waals surface area contributed by atoms with Gasteiger partial charge in [-0.15, -0.1) is 0 Å². The smallest absolute Gasteiger partial charge is 0.407 e. The molecular formula is C35H41F3N4O6S. The number of hydrogen-bond donors (Lipinski definition) is 3. The normalized spacial score (nSPS) is 20.3. The highest BCUT2D eigenvalue weighted by Crippen LogP contribution is 2.37. The number of anilines is 1. The maximum Gasteiger partial charge on any atom is 0.407 e. The highest BCUT2D eigenvalue weighted by atomic mass is 32.2. The van der Waals surface area contributed by atoms with E-state index in [2.05, 4.69) is 16.0 Å². The van der Waals surface area contributed by atoms with Crippen LogP contribution in [0.3, 0.4) is 0 Å². The zero-order valence-electron chi connectivity index (χ0n) is 27.3. The lowest BCUT2D eigenvalue weighted by Gasteiger charge is -2.40. The lowest BCUT2D eigenvalue weighted by Crippen LogP contribution is -2.58. The molecule has 3 aromatic rings. The Labute approximate surface area is 284 Å². The second-order valence-corrected chi connectivity index (χ2v) is 14.2. The summed E-state index contributed by atoms with van der Waals surface area (Å²) >= 11 is 0. The van der Waals surface area contributed by atoms with Crippen LogP contribution < -0.4 is 16.0 Å². The molecule has 2 fully saturated rings. The van der Waals surface area contributed by atoms with Gasteiger partial charge in [0.1, 0.15) is 23.5 Å². The van der Waals surface area contributed by atoms with Gasteiger partial charge in [0, 0.05) is 61.6 Å². The van der Waals surface area contributed by atoms with Gasteiger partial charge in [-0.05, 0) is 80.5 Å². The van der Waals surface area contributed by atoms with Crippen molar-refractivity contribution in [2.45, 2.75) is 61.5 Å². The lowest BCUT2D eigenvalue weighted by molar-refractivity contribution is -0.119. The van der Waals surface area contributed by atoms with Gasteiger partial charge in [0.2, 0.25) is 15.9 Å². The maximum absolute atomic E-state index is 15.5. The van der Waals surface area contributed by atoms with Gasteiger partial charge >= 0.3 is 6.09 Å². The number of nitrogens with zero attached hydrogens (tertiary/aromatic N) is 1. The van der Waals surface area contributed by atoms with Gasteiger partial charge in [-0.25, -0.2) is 26.4 Å². The van der Waals surface area contributed by atoms with Crippen LogP contribution in [-0.4, -0.2) is 76.3 Å². The summed E-state index contributed by atoms with van der Waals surface area (Å²) in [6.07, 6.45) is 0.264. The fourth-order valence-electron chi connectivity index (χ4n) is 6.91. The molecule has 0 aliphatic carbocycles. The number of nitrogens with one attached hydrogen (secondary N) is 3. The van der Waals surface area contributed by atoms with Crippen LogP contribution in [0.15, 0.2) is 71.6 Å². The Morgan fingerprint density at radius 2 is 1.69 bits per heavy atom. The molecule has 49 heavy (non-hydrogen) atoms. The van der Waals surface area contributed by atoms with Gasteiger partial charge in [-0.3, -0.25) is 4.79 Å². The number of carbonyl (C=O) groups is 2. The first-order valence-corrected chi connectivity index (χ1v) is 17.7. The summed E-state index contributed by atoms with van der Waals surface area (Å²) in [7, 11) is -2.74. The summed E-state index contributed by atoms with van der Waals surface area (Å²) in [4.78, 5) is 26.9. The minimum Gasteiger partial charge on any atom is -0.453 e. The molecule has 4 atom stereocenters. The van der Waals surface area contributed by atoms with Gasteiger partial charge in [-0.1, -0.05) is 24.3 Å². The van der Waals surface area contributed by atoms with Crippen molar-refractivity contribution in [1.29, 1.82) is 0 Å². The number of ether oxygens (including phenoxy) is 2. The quantitative estimate of drug-likeness (QED) is 0.258. The number of rotatable bonds is 11. The van der Waals surface area contributed by atoms with E-state index >= 15 is 4.39 Å². The number of sulfonamides is 1. The number of benzene rings is 3. The van der Waals surface area contributed by atoms with Crippen LogP contribution in [0.1, 0.15) is 43.2 Å². The van der Waals surface area contributed by atoms with Gasteiger partial charge in [0.25, 0.3) is 0 Å². The Balaban J connectivity index is 1.44. The molecule has 3 aromatic carbocycles. The van der Waals surface area contributed by atoms with E-state index in [4.69, 9.17) is 9.47 Å². The summed E-state index contributed by atoms with van der Waals surface area (Å²) in [5.74, 6) is -4.25. The van der Waals surface area contributed by atoms with Crippen LogP contribution >= 0.6 is 0 Å². The standard InChI is InChI=1S/C35H41F3N4O6S/c1-22-20-39-21-27(42(22)49(45,46)28-7-4-3-5-8-28)11-12-29-30(38)9-6-10-31(29)40-34(43)33(41-35(44)47-2)32(23-13-15-48-16-14-23)24-17-25(36)19-26(37)18-24/h3-10,17-19,22-23,27,32-33,39H,11-16,20-21H2,1-2H3,(H,40,43)(H,41,44)/t22-,27-,32+,33-/m0/s1. The molecule has 0 aromatic heterocycles. The van der Waals surface area contributed by atoms with Crippen molar-refractivity contribution in [3.05, 3.63) is 95.3 Å². The second kappa shape index (κ2) is 16.2. The first-order chi connectivity index (χ1) is 23.5. The predicted molar refractivity (Wildman–Crippen MR) is 177 cm³/mol. The van der Waals surface area contributed by atoms with Crippen LogP contribution in [0.5, 0.6) is 0 Å². The maximum atomic E-state index is 15.5. The topological polar surface area (TPSA) is 126 Å². The molecule has 0 bridgehead atoms. The second-order valence-electron chi connectivity index (χ2n) is 12.4. The Morgan fingerprint density at radius 3 is 2.37 bits per heavy atom. The minimum absolute atomic E-state index is 0.0652. The van der Waals surface area contributed by atoms with E-state index in [9.17, 15) is 26.8 Å². The van der Waals surface area contributed by atoms with Crippen LogP contribution in [0.25, 0.3) is 0 Å². The van der Waals surface area contributed by atoms with Crippen LogP contribution in [-0.2, 0) is 30.7 Å². The number of carbonyl (C=O) groups excluding carboxylic acids is 2. The number of methoxy groups -OCH3 is 1. The van der Waals surface area contributed by atoms with Crippen LogP contribution in [0, 0.1) is 23.4 Å². The van der Waals surface area contributed by atoms with Gasteiger partial charge in [-0.2, -0.15) is 4.31 Å². The fraction of sp³-hybridized carbons (Fsp3) is 0.429. The average Bonchev–Trinajstić information content (AvgIpc) is 3.08. The van der Waals surface area contributed by atoms with E-state index in [1.807, 2.05) is 6.92 Å². The van der Waals surface area contributed by atoms with Crippen molar-refractivity contribution < 1.29 is 40.7 Å². The third-order valence-electron chi connectivity index (χ3n) is 9.18. The van der Waals surface area contributed by atoms with E-state index in [0.717, 1.165) is 25.3 Å². The molecule has 264 valence electrons. The third-order valence-corrected chi connectivity index (χ3v) is 11.3. The molecule has 2 heterocycles. The van der Waals surface area contributed by atoms with Crippen molar-refractivity contribution in [3.8, 4) is 0 Å². The molecule has 0 spiro atoms. The van der Waals surface area contributed by atoms with E-state index in [1.54, 1.807) is 18.2 Å². The first-order valence-electron chi connectivity index (χ1n) is 16.3. The summed E-state index contributed by atoms with van der Waals surface area (Å²) in [5, 5.41) is 8.55. The lowest BCUT2D eigenvalue weighted by atomic mass is 9.76. The molecule has 2 saturated heterocycles. The molecule has 3 N–H and O–H groups in total. The van der Waals surface area contributed by atoms with Crippen molar-refractivity contribution in [3.63, 3.8) is 0 Å². The monoisotopic (exact) mass is 702 g/mol. The molecule has 10 nitrogen and oxygen atoms in total. The van der Waals surface area contributed by atoms with Gasteiger partial charge in [0.05, 0.1) is 12.0 Å². The van der Waals surface area contributed by atoms with Crippen molar-refractivity contribution in [1.82, 2.24) is 14.9 Å². The number of halogens is 3. The Kier molecular flexibility index (Phi) is 12.0. The first kappa shape index (κ1) is 36.3. The Morgan fingerprint density at radius 1 is 1.00 bits per heavy atom. The zero-order chi connectivity index (χ0) is 35.1. The number of amides is 2. The summed E-state index contributed by atoms with van der Waals surface area (Å²) in [6.45, 7) is 3.30. The van der Waals surface area contributed by atoms with Gasteiger partial charge in [0.15, 0.2) is 0 Å². The van der Waals surface area contributed by atoms with Crippen molar-refractivity contribution >= 4 is 27.7 Å². The van der Waals surface area contributed by atoms with E-state index in [1.165, 1.54) is 34.6 Å². The van der Waals surface area contributed by atoms with E-state index < -0.39 is 57.5 Å². The molecule has 0 saturated carbocycles. The summed E-state index contributed by atoms with van der Waals surface area (Å²) in [6, 6.07) is 13.0. The largest absolute Gasteiger partial charge is 0.453 e. The number of piperazine rings is 1. The molecule has 2 amide bonds. The molecule has 5 rings (SSSR count). The Bertz CT molecular complexity index is 1710. The highest BCUT2D eigenvalue weighted by Gasteiger charge is 2.40. The van der Waals surface area contributed by atoms with Crippen LogP contribution in [0.4, 0.5) is 23.7 Å². The molecule has 2 aliphatic rings.